The zero-order valence-corrected chi connectivity index (χ0v) is 10.8. The second-order valence-corrected chi connectivity index (χ2v) is 3.87. The average Bonchev–Trinajstić information content (AvgIpc) is 2.39. The molecule has 0 radical (unpaired) electrons. The predicted octanol–water partition coefficient (Wildman–Crippen LogP) is 1.93. The molecule has 0 bridgehead atoms. The molecule has 1 rings (SSSR count). The highest BCUT2D eigenvalue weighted by Crippen LogP contribution is 2.15. The molecule has 0 aliphatic heterocycles. The van der Waals surface area contributed by atoms with E-state index in [9.17, 15) is 4.79 Å². The summed E-state index contributed by atoms with van der Waals surface area (Å²) >= 11 is 0. The quantitative estimate of drug-likeness (QED) is 0.813. The predicted molar refractivity (Wildman–Crippen MR) is 71.0 cm³/mol. The van der Waals surface area contributed by atoms with Crippen molar-refractivity contribution in [1.29, 1.82) is 0 Å². The largest absolute Gasteiger partial charge is 0.497 e. The fourth-order valence-corrected chi connectivity index (χ4v) is 1.58. The Morgan fingerprint density at radius 1 is 1.33 bits per heavy atom. The molecule has 1 aromatic rings. The minimum atomic E-state index is -0.198. The molecule has 0 spiro atoms. The topological polar surface area (TPSA) is 61.8 Å². The van der Waals surface area contributed by atoms with Gasteiger partial charge in [-0.3, -0.25) is 0 Å². The van der Waals surface area contributed by atoms with Crippen molar-refractivity contribution in [3.05, 3.63) is 24.3 Å². The van der Waals surface area contributed by atoms with Gasteiger partial charge < -0.3 is 20.1 Å². The molecule has 5 nitrogen and oxygen atoms in total. The van der Waals surface area contributed by atoms with E-state index in [1.807, 2.05) is 6.92 Å². The number of hydrogen-bond acceptors (Lipinski definition) is 3. The molecule has 2 N–H and O–H groups in total. The number of nitrogens with zero attached hydrogens (tertiary/aromatic N) is 1. The molecule has 5 heteroatoms. The third-order valence-corrected chi connectivity index (χ3v) is 2.49. The van der Waals surface area contributed by atoms with Gasteiger partial charge in [0.25, 0.3) is 0 Å². The molecule has 1 aromatic carbocycles. The number of hydrogen-bond donors (Lipinski definition) is 2. The maximum absolute atomic E-state index is 11.9. The Morgan fingerprint density at radius 3 is 2.50 bits per heavy atom. The first-order chi connectivity index (χ1) is 8.71. The first-order valence-corrected chi connectivity index (χ1v) is 6.02. The van der Waals surface area contributed by atoms with E-state index in [1.54, 1.807) is 36.3 Å². The van der Waals surface area contributed by atoms with E-state index in [-0.39, 0.29) is 12.6 Å². The summed E-state index contributed by atoms with van der Waals surface area (Å²) in [6.45, 7) is 2.93. The van der Waals surface area contributed by atoms with E-state index in [0.29, 0.717) is 18.8 Å². The Morgan fingerprint density at radius 2 is 2.00 bits per heavy atom. The zero-order valence-electron chi connectivity index (χ0n) is 10.8. The van der Waals surface area contributed by atoms with Crippen LogP contribution in [0.2, 0.25) is 0 Å². The summed E-state index contributed by atoms with van der Waals surface area (Å²) in [5.41, 5.74) is 0.708. The van der Waals surface area contributed by atoms with Crippen LogP contribution < -0.4 is 10.1 Å². The number of methoxy groups -OCH3 is 1. The first-order valence-electron chi connectivity index (χ1n) is 6.02. The van der Waals surface area contributed by atoms with E-state index >= 15 is 0 Å². The van der Waals surface area contributed by atoms with Gasteiger partial charge >= 0.3 is 6.03 Å². The summed E-state index contributed by atoms with van der Waals surface area (Å²) in [6.07, 6.45) is 0.857. The Kier molecular flexibility index (Phi) is 6.00. The molecule has 0 saturated heterocycles. The molecule has 0 atom stereocenters. The maximum Gasteiger partial charge on any atom is 0.321 e. The number of rotatable bonds is 6. The number of ether oxygens (including phenoxy) is 1. The van der Waals surface area contributed by atoms with Crippen LogP contribution in [-0.4, -0.2) is 42.8 Å². The van der Waals surface area contributed by atoms with Gasteiger partial charge in [0, 0.05) is 18.8 Å². The summed E-state index contributed by atoms with van der Waals surface area (Å²) in [5.74, 6) is 0.744. The minimum absolute atomic E-state index is 0.0317. The summed E-state index contributed by atoms with van der Waals surface area (Å²) in [5, 5.41) is 11.7. The summed E-state index contributed by atoms with van der Waals surface area (Å²) in [6, 6.07) is 6.92. The van der Waals surface area contributed by atoms with Crippen molar-refractivity contribution < 1.29 is 14.6 Å². The number of amides is 2. The van der Waals surface area contributed by atoms with Gasteiger partial charge in [-0.25, -0.2) is 4.79 Å². The van der Waals surface area contributed by atoms with Gasteiger partial charge in [-0.05, 0) is 30.7 Å². The third-order valence-electron chi connectivity index (χ3n) is 2.49. The second-order valence-electron chi connectivity index (χ2n) is 3.87. The minimum Gasteiger partial charge on any atom is -0.497 e. The lowest BCUT2D eigenvalue weighted by molar-refractivity contribution is 0.188. The van der Waals surface area contributed by atoms with Crippen LogP contribution >= 0.6 is 0 Å². The Hall–Kier alpha value is -1.75. The molecule has 100 valence electrons. The van der Waals surface area contributed by atoms with Crippen molar-refractivity contribution in [2.75, 3.05) is 32.1 Å². The molecule has 0 unspecified atom stereocenters. The van der Waals surface area contributed by atoms with Crippen LogP contribution in [0.15, 0.2) is 24.3 Å². The monoisotopic (exact) mass is 252 g/mol. The van der Waals surface area contributed by atoms with E-state index in [4.69, 9.17) is 9.84 Å². The van der Waals surface area contributed by atoms with E-state index in [1.165, 1.54) is 0 Å². The number of carbonyl (C=O) groups is 1. The zero-order chi connectivity index (χ0) is 13.4. The lowest BCUT2D eigenvalue weighted by Crippen LogP contribution is -2.37. The number of anilines is 1. The number of carbonyl (C=O) groups excluding carboxylic acids is 1. The molecular formula is C13H20N2O3. The van der Waals surface area contributed by atoms with E-state index in [2.05, 4.69) is 5.32 Å². The normalized spacial score (nSPS) is 9.94. The molecule has 0 aromatic heterocycles. The fraction of sp³-hybridized carbons (Fsp3) is 0.462. The SMILES string of the molecule is CCCN(CCO)C(=O)Nc1ccc(OC)cc1. The second kappa shape index (κ2) is 7.55. The van der Waals surface area contributed by atoms with Crippen molar-refractivity contribution in [1.82, 2.24) is 4.90 Å². The molecule has 2 amide bonds. The van der Waals surface area contributed by atoms with Crippen LogP contribution in [0.25, 0.3) is 0 Å². The molecular weight excluding hydrogens is 232 g/mol. The number of urea groups is 1. The fourth-order valence-electron chi connectivity index (χ4n) is 1.58. The number of aliphatic hydroxyl groups excluding tert-OH is 1. The highest BCUT2D eigenvalue weighted by Gasteiger charge is 2.11. The molecule has 0 aliphatic rings. The lowest BCUT2D eigenvalue weighted by Gasteiger charge is -2.21. The number of benzene rings is 1. The average molecular weight is 252 g/mol. The van der Waals surface area contributed by atoms with Crippen LogP contribution in [0.3, 0.4) is 0 Å². The van der Waals surface area contributed by atoms with Crippen LogP contribution in [0.4, 0.5) is 10.5 Å². The lowest BCUT2D eigenvalue weighted by atomic mass is 10.3. The molecule has 0 fully saturated rings. The molecule has 18 heavy (non-hydrogen) atoms. The summed E-state index contributed by atoms with van der Waals surface area (Å²) < 4.78 is 5.04. The van der Waals surface area contributed by atoms with Gasteiger partial charge in [0.2, 0.25) is 0 Å². The van der Waals surface area contributed by atoms with Crippen LogP contribution in [0.5, 0.6) is 5.75 Å². The smallest absolute Gasteiger partial charge is 0.321 e. The Labute approximate surface area is 107 Å². The van der Waals surface area contributed by atoms with Crippen LogP contribution in [0, 0.1) is 0 Å². The number of aliphatic hydroxyl groups is 1. The van der Waals surface area contributed by atoms with E-state index < -0.39 is 0 Å². The molecule has 0 aliphatic carbocycles. The van der Waals surface area contributed by atoms with Crippen LogP contribution in [-0.2, 0) is 0 Å². The maximum atomic E-state index is 11.9. The van der Waals surface area contributed by atoms with Gasteiger partial charge in [-0.2, -0.15) is 0 Å². The van der Waals surface area contributed by atoms with Crippen molar-refractivity contribution in [3.63, 3.8) is 0 Å². The van der Waals surface area contributed by atoms with E-state index in [0.717, 1.165) is 12.2 Å². The molecule has 0 saturated carbocycles. The van der Waals surface area contributed by atoms with Crippen molar-refractivity contribution in [2.45, 2.75) is 13.3 Å². The van der Waals surface area contributed by atoms with Gasteiger partial charge in [-0.1, -0.05) is 6.92 Å². The summed E-state index contributed by atoms with van der Waals surface area (Å²) in [7, 11) is 1.60. The van der Waals surface area contributed by atoms with Crippen molar-refractivity contribution in [2.24, 2.45) is 0 Å². The van der Waals surface area contributed by atoms with Gasteiger partial charge in [-0.15, -0.1) is 0 Å². The van der Waals surface area contributed by atoms with Gasteiger partial charge in [0.15, 0.2) is 0 Å². The highest BCUT2D eigenvalue weighted by molar-refractivity contribution is 5.89. The highest BCUT2D eigenvalue weighted by atomic mass is 16.5. The third kappa shape index (κ3) is 4.25. The van der Waals surface area contributed by atoms with Crippen LogP contribution in [0.1, 0.15) is 13.3 Å². The van der Waals surface area contributed by atoms with Gasteiger partial charge in [0.1, 0.15) is 5.75 Å². The first kappa shape index (κ1) is 14.3. The van der Waals surface area contributed by atoms with Gasteiger partial charge in [0.05, 0.1) is 13.7 Å². The Bertz CT molecular complexity index is 359. The number of nitrogens with one attached hydrogen (secondary N) is 1. The van der Waals surface area contributed by atoms with Crippen molar-refractivity contribution >= 4 is 11.7 Å². The van der Waals surface area contributed by atoms with Crippen molar-refractivity contribution in [3.8, 4) is 5.75 Å². The summed E-state index contributed by atoms with van der Waals surface area (Å²) in [4.78, 5) is 13.5. The standard InChI is InChI=1S/C13H20N2O3/c1-3-8-15(9-10-16)13(17)14-11-4-6-12(18-2)7-5-11/h4-7,16H,3,8-10H2,1-2H3,(H,14,17). The Balaban J connectivity index is 2.60. The molecule has 0 heterocycles.